The minimum atomic E-state index is 0.271. The van der Waals surface area contributed by atoms with Gasteiger partial charge in [-0.15, -0.1) is 0 Å². The fourth-order valence-corrected chi connectivity index (χ4v) is 2.66. The summed E-state index contributed by atoms with van der Waals surface area (Å²) in [5, 5.41) is 3.58. The van der Waals surface area contributed by atoms with Gasteiger partial charge in [-0.1, -0.05) is 13.8 Å². The summed E-state index contributed by atoms with van der Waals surface area (Å²) in [5.74, 6) is 1.30. The second-order valence-electron chi connectivity index (χ2n) is 6.50. The molecule has 1 unspecified atom stereocenters. The van der Waals surface area contributed by atoms with Gasteiger partial charge in [0.05, 0.1) is 30.3 Å². The summed E-state index contributed by atoms with van der Waals surface area (Å²) in [6, 6.07) is 0.693. The van der Waals surface area contributed by atoms with E-state index in [1.807, 2.05) is 6.20 Å². The van der Waals surface area contributed by atoms with E-state index >= 15 is 0 Å². The number of anilines is 1. The SMILES string of the molecule is CC1CN(c2cnc(C(C)C)nc2CNC2CC2)CCO1. The van der Waals surface area contributed by atoms with Crippen LogP contribution in [0.5, 0.6) is 0 Å². The van der Waals surface area contributed by atoms with E-state index in [0.717, 1.165) is 37.8 Å². The summed E-state index contributed by atoms with van der Waals surface area (Å²) in [5.41, 5.74) is 2.30. The third-order valence-corrected chi connectivity index (χ3v) is 4.10. The van der Waals surface area contributed by atoms with Crippen LogP contribution < -0.4 is 10.2 Å². The van der Waals surface area contributed by atoms with Gasteiger partial charge in [-0.2, -0.15) is 0 Å². The lowest BCUT2D eigenvalue weighted by atomic mass is 10.2. The number of aromatic nitrogens is 2. The Morgan fingerprint density at radius 2 is 2.24 bits per heavy atom. The van der Waals surface area contributed by atoms with Gasteiger partial charge in [0, 0.05) is 31.6 Å². The Balaban J connectivity index is 1.81. The van der Waals surface area contributed by atoms with E-state index < -0.39 is 0 Å². The summed E-state index contributed by atoms with van der Waals surface area (Å²) in [7, 11) is 0. The highest BCUT2D eigenvalue weighted by Crippen LogP contribution is 2.25. The molecule has 1 aliphatic carbocycles. The normalized spacial score (nSPS) is 22.9. The number of rotatable bonds is 5. The van der Waals surface area contributed by atoms with Gasteiger partial charge in [0.1, 0.15) is 5.82 Å². The van der Waals surface area contributed by atoms with Crippen molar-refractivity contribution in [3.05, 3.63) is 17.7 Å². The predicted octanol–water partition coefficient (Wildman–Crippen LogP) is 2.08. The highest BCUT2D eigenvalue weighted by molar-refractivity contribution is 5.49. The zero-order chi connectivity index (χ0) is 14.8. The number of hydrogen-bond donors (Lipinski definition) is 1. The summed E-state index contributed by atoms with van der Waals surface area (Å²) in [4.78, 5) is 11.7. The molecule has 2 aliphatic rings. The Labute approximate surface area is 127 Å². The van der Waals surface area contributed by atoms with Crippen molar-refractivity contribution < 1.29 is 4.74 Å². The molecule has 0 bridgehead atoms. The lowest BCUT2D eigenvalue weighted by Gasteiger charge is -2.33. The molecule has 5 nitrogen and oxygen atoms in total. The molecule has 1 saturated heterocycles. The van der Waals surface area contributed by atoms with Gasteiger partial charge < -0.3 is 15.0 Å². The van der Waals surface area contributed by atoms with Gasteiger partial charge in [-0.3, -0.25) is 0 Å². The molecule has 3 rings (SSSR count). The minimum absolute atomic E-state index is 0.271. The molecular formula is C16H26N4O. The zero-order valence-corrected chi connectivity index (χ0v) is 13.3. The summed E-state index contributed by atoms with van der Waals surface area (Å²) >= 11 is 0. The summed E-state index contributed by atoms with van der Waals surface area (Å²) in [6.07, 6.45) is 4.87. The molecule has 1 aromatic rings. The van der Waals surface area contributed by atoms with Gasteiger partial charge in [-0.25, -0.2) is 9.97 Å². The van der Waals surface area contributed by atoms with Crippen LogP contribution in [0.2, 0.25) is 0 Å². The Hall–Kier alpha value is -1.20. The molecule has 1 aromatic heterocycles. The second kappa shape index (κ2) is 6.28. The van der Waals surface area contributed by atoms with Crippen molar-refractivity contribution in [2.75, 3.05) is 24.6 Å². The van der Waals surface area contributed by atoms with Crippen LogP contribution in [0, 0.1) is 0 Å². The van der Waals surface area contributed by atoms with Crippen molar-refractivity contribution in [3.63, 3.8) is 0 Å². The van der Waals surface area contributed by atoms with E-state index in [0.29, 0.717) is 12.0 Å². The lowest BCUT2D eigenvalue weighted by Crippen LogP contribution is -2.42. The molecule has 5 heteroatoms. The first-order valence-electron chi connectivity index (χ1n) is 8.09. The van der Waals surface area contributed by atoms with E-state index in [1.54, 1.807) is 0 Å². The maximum absolute atomic E-state index is 5.64. The van der Waals surface area contributed by atoms with Crippen LogP contribution in [0.3, 0.4) is 0 Å². The number of nitrogens with one attached hydrogen (secondary N) is 1. The van der Waals surface area contributed by atoms with Crippen LogP contribution in [0.25, 0.3) is 0 Å². The predicted molar refractivity (Wildman–Crippen MR) is 83.6 cm³/mol. The molecule has 0 radical (unpaired) electrons. The lowest BCUT2D eigenvalue weighted by molar-refractivity contribution is 0.0531. The van der Waals surface area contributed by atoms with E-state index in [-0.39, 0.29) is 6.10 Å². The summed E-state index contributed by atoms with van der Waals surface area (Å²) < 4.78 is 5.64. The number of nitrogens with zero attached hydrogens (tertiary/aromatic N) is 3. The van der Waals surface area contributed by atoms with Gasteiger partial charge >= 0.3 is 0 Å². The van der Waals surface area contributed by atoms with Crippen molar-refractivity contribution >= 4 is 5.69 Å². The Bertz CT molecular complexity index is 487. The van der Waals surface area contributed by atoms with Crippen LogP contribution in [0.1, 0.15) is 51.0 Å². The van der Waals surface area contributed by atoms with Gasteiger partial charge in [0.15, 0.2) is 0 Å². The van der Waals surface area contributed by atoms with Crippen LogP contribution in [0.15, 0.2) is 6.20 Å². The fourth-order valence-electron chi connectivity index (χ4n) is 2.66. The molecular weight excluding hydrogens is 264 g/mol. The molecule has 0 amide bonds. The third kappa shape index (κ3) is 3.71. The van der Waals surface area contributed by atoms with Crippen LogP contribution >= 0.6 is 0 Å². The first-order chi connectivity index (χ1) is 10.1. The maximum atomic E-state index is 5.64. The topological polar surface area (TPSA) is 50.3 Å². The smallest absolute Gasteiger partial charge is 0.131 e. The monoisotopic (exact) mass is 290 g/mol. The van der Waals surface area contributed by atoms with E-state index in [2.05, 4.69) is 36.0 Å². The highest BCUT2D eigenvalue weighted by atomic mass is 16.5. The molecule has 1 N–H and O–H groups in total. The Kier molecular flexibility index (Phi) is 4.40. The van der Waals surface area contributed by atoms with Gasteiger partial charge in [0.2, 0.25) is 0 Å². The van der Waals surface area contributed by atoms with Gasteiger partial charge in [-0.05, 0) is 19.8 Å². The first kappa shape index (κ1) is 14.7. The Morgan fingerprint density at radius 3 is 2.90 bits per heavy atom. The highest BCUT2D eigenvalue weighted by Gasteiger charge is 2.24. The summed E-state index contributed by atoms with van der Waals surface area (Å²) in [6.45, 7) is 9.87. The molecule has 0 aromatic carbocycles. The average Bonchev–Trinajstić information content (AvgIpc) is 3.29. The van der Waals surface area contributed by atoms with Crippen LogP contribution in [0.4, 0.5) is 5.69 Å². The molecule has 2 heterocycles. The van der Waals surface area contributed by atoms with E-state index in [1.165, 1.54) is 18.5 Å². The molecule has 2 fully saturated rings. The van der Waals surface area contributed by atoms with Crippen LogP contribution in [-0.4, -0.2) is 41.8 Å². The maximum Gasteiger partial charge on any atom is 0.131 e. The number of hydrogen-bond acceptors (Lipinski definition) is 5. The zero-order valence-electron chi connectivity index (χ0n) is 13.3. The molecule has 0 spiro atoms. The van der Waals surface area contributed by atoms with E-state index in [4.69, 9.17) is 9.72 Å². The van der Waals surface area contributed by atoms with Crippen molar-refractivity contribution in [3.8, 4) is 0 Å². The third-order valence-electron chi connectivity index (χ3n) is 4.10. The standard InChI is InChI=1S/C16H26N4O/c1-11(2)16-18-9-15(20-6-7-21-12(3)10-20)14(19-16)8-17-13-4-5-13/h9,11-13,17H,4-8,10H2,1-3H3. The molecule has 21 heavy (non-hydrogen) atoms. The second-order valence-corrected chi connectivity index (χ2v) is 6.50. The van der Waals surface area contributed by atoms with E-state index in [9.17, 15) is 0 Å². The largest absolute Gasteiger partial charge is 0.375 e. The van der Waals surface area contributed by atoms with Crippen molar-refractivity contribution in [1.29, 1.82) is 0 Å². The fraction of sp³-hybridized carbons (Fsp3) is 0.750. The molecule has 116 valence electrons. The average molecular weight is 290 g/mol. The minimum Gasteiger partial charge on any atom is -0.375 e. The molecule has 1 aliphatic heterocycles. The van der Waals surface area contributed by atoms with Gasteiger partial charge in [0.25, 0.3) is 0 Å². The number of morpholine rings is 1. The van der Waals surface area contributed by atoms with Crippen molar-refractivity contribution in [2.24, 2.45) is 0 Å². The van der Waals surface area contributed by atoms with Crippen molar-refractivity contribution in [1.82, 2.24) is 15.3 Å². The quantitative estimate of drug-likeness (QED) is 0.900. The van der Waals surface area contributed by atoms with Crippen LogP contribution in [-0.2, 0) is 11.3 Å². The Morgan fingerprint density at radius 1 is 1.43 bits per heavy atom. The first-order valence-corrected chi connectivity index (χ1v) is 8.09. The molecule has 1 atom stereocenters. The van der Waals surface area contributed by atoms with Crippen molar-refractivity contribution in [2.45, 2.75) is 58.2 Å². The molecule has 1 saturated carbocycles. The number of ether oxygens (including phenoxy) is 1.